The first kappa shape index (κ1) is 25.2. The lowest BCUT2D eigenvalue weighted by atomic mass is 9.97. The second-order valence-electron chi connectivity index (χ2n) is 9.01. The zero-order valence-electron chi connectivity index (χ0n) is 20.8. The largest absolute Gasteiger partial charge is 0.466 e. The molecule has 1 saturated heterocycles. The molecule has 2 aromatic carbocycles. The molecule has 2 amide bonds. The molecule has 0 saturated carbocycles. The average molecular weight is 489 g/mol. The highest BCUT2D eigenvalue weighted by Crippen LogP contribution is 2.24. The van der Waals surface area contributed by atoms with Crippen LogP contribution in [0.1, 0.15) is 35.7 Å². The summed E-state index contributed by atoms with van der Waals surface area (Å²) in [5, 5.41) is 4.72. The first-order chi connectivity index (χ1) is 17.5. The van der Waals surface area contributed by atoms with Crippen LogP contribution in [0.25, 0.3) is 11.3 Å². The molecule has 36 heavy (non-hydrogen) atoms. The van der Waals surface area contributed by atoms with E-state index in [0.29, 0.717) is 50.3 Å². The first-order valence-electron chi connectivity index (χ1n) is 12.3. The second-order valence-corrected chi connectivity index (χ2v) is 9.01. The molecule has 8 heteroatoms. The predicted molar refractivity (Wildman–Crippen MR) is 136 cm³/mol. The van der Waals surface area contributed by atoms with Crippen LogP contribution in [0.4, 0.5) is 0 Å². The molecule has 0 bridgehead atoms. The standard InChI is InChI=1S/C28H32N4O4/c1-3-36-28(35)23-14-16-31(17-15-23)25(33)20-30(2)27(34)24-19-32(18-21-10-6-4-7-11-21)29-26(24)22-12-8-5-9-13-22/h4-13,19,23H,3,14-18,20H2,1-2H3. The van der Waals surface area contributed by atoms with E-state index >= 15 is 0 Å². The van der Waals surface area contributed by atoms with Gasteiger partial charge in [0.1, 0.15) is 5.69 Å². The van der Waals surface area contributed by atoms with E-state index < -0.39 is 0 Å². The van der Waals surface area contributed by atoms with E-state index in [-0.39, 0.29) is 30.2 Å². The molecule has 1 aliphatic heterocycles. The Bertz CT molecular complexity index is 1180. The summed E-state index contributed by atoms with van der Waals surface area (Å²) in [7, 11) is 1.63. The number of benzene rings is 2. The molecular formula is C28H32N4O4. The van der Waals surface area contributed by atoms with Gasteiger partial charge < -0.3 is 14.5 Å². The minimum Gasteiger partial charge on any atom is -0.466 e. The van der Waals surface area contributed by atoms with Crippen molar-refractivity contribution in [2.75, 3.05) is 33.3 Å². The zero-order valence-corrected chi connectivity index (χ0v) is 20.8. The van der Waals surface area contributed by atoms with Crippen molar-refractivity contribution < 1.29 is 19.1 Å². The number of hydrogen-bond donors (Lipinski definition) is 0. The van der Waals surface area contributed by atoms with E-state index in [1.807, 2.05) is 60.7 Å². The summed E-state index contributed by atoms with van der Waals surface area (Å²) in [6.07, 6.45) is 2.91. The lowest BCUT2D eigenvalue weighted by molar-refractivity contribution is -0.151. The molecule has 1 aromatic heterocycles. The monoisotopic (exact) mass is 488 g/mol. The highest BCUT2D eigenvalue weighted by Gasteiger charge is 2.30. The highest BCUT2D eigenvalue weighted by atomic mass is 16.5. The molecule has 0 aliphatic carbocycles. The topological polar surface area (TPSA) is 84.7 Å². The molecular weight excluding hydrogens is 456 g/mol. The van der Waals surface area contributed by atoms with E-state index in [1.165, 1.54) is 4.90 Å². The lowest BCUT2D eigenvalue weighted by Gasteiger charge is -2.32. The number of esters is 1. The van der Waals surface area contributed by atoms with Crippen molar-refractivity contribution >= 4 is 17.8 Å². The van der Waals surface area contributed by atoms with E-state index in [9.17, 15) is 14.4 Å². The van der Waals surface area contributed by atoms with Crippen LogP contribution < -0.4 is 0 Å². The number of hydrogen-bond acceptors (Lipinski definition) is 5. The quantitative estimate of drug-likeness (QED) is 0.454. The van der Waals surface area contributed by atoms with Crippen LogP contribution >= 0.6 is 0 Å². The smallest absolute Gasteiger partial charge is 0.309 e. The summed E-state index contributed by atoms with van der Waals surface area (Å²) < 4.78 is 6.87. The summed E-state index contributed by atoms with van der Waals surface area (Å²) in [5.41, 5.74) is 2.96. The van der Waals surface area contributed by atoms with Crippen molar-refractivity contribution in [3.05, 3.63) is 78.0 Å². The van der Waals surface area contributed by atoms with Crippen LogP contribution in [0.5, 0.6) is 0 Å². The molecule has 0 N–H and O–H groups in total. The number of ether oxygens (including phenoxy) is 1. The van der Waals surface area contributed by atoms with Crippen LogP contribution in [0.3, 0.4) is 0 Å². The number of piperidine rings is 1. The maximum Gasteiger partial charge on any atom is 0.309 e. The highest BCUT2D eigenvalue weighted by molar-refractivity contribution is 6.01. The van der Waals surface area contributed by atoms with Gasteiger partial charge in [0.15, 0.2) is 0 Å². The van der Waals surface area contributed by atoms with Crippen molar-refractivity contribution in [2.24, 2.45) is 5.92 Å². The van der Waals surface area contributed by atoms with E-state index in [0.717, 1.165) is 11.1 Å². The summed E-state index contributed by atoms with van der Waals surface area (Å²) in [4.78, 5) is 41.6. The third-order valence-corrected chi connectivity index (χ3v) is 6.41. The van der Waals surface area contributed by atoms with Gasteiger partial charge in [-0.2, -0.15) is 5.10 Å². The third kappa shape index (κ3) is 6.00. The molecule has 4 rings (SSSR count). The summed E-state index contributed by atoms with van der Waals surface area (Å²) in [6, 6.07) is 19.5. The van der Waals surface area contributed by atoms with Gasteiger partial charge in [-0.1, -0.05) is 60.7 Å². The number of rotatable bonds is 8. The molecule has 1 aliphatic rings. The number of carbonyl (C=O) groups is 3. The minimum absolute atomic E-state index is 0.0407. The second kappa shape index (κ2) is 11.7. The molecule has 0 spiro atoms. The number of aromatic nitrogens is 2. The Balaban J connectivity index is 1.46. The van der Waals surface area contributed by atoms with Crippen LogP contribution in [0.2, 0.25) is 0 Å². The van der Waals surface area contributed by atoms with Crippen LogP contribution in [-0.2, 0) is 20.9 Å². The van der Waals surface area contributed by atoms with Gasteiger partial charge in [0.05, 0.1) is 31.2 Å². The Kier molecular flexibility index (Phi) is 8.15. The van der Waals surface area contributed by atoms with Crippen LogP contribution in [0, 0.1) is 5.92 Å². The molecule has 2 heterocycles. The Hall–Kier alpha value is -3.94. The molecule has 1 fully saturated rings. The maximum atomic E-state index is 13.5. The van der Waals surface area contributed by atoms with Crippen LogP contribution in [-0.4, -0.2) is 70.7 Å². The van der Waals surface area contributed by atoms with Gasteiger partial charge in [-0.25, -0.2) is 0 Å². The fraction of sp³-hybridized carbons (Fsp3) is 0.357. The normalized spacial score (nSPS) is 13.9. The van der Waals surface area contributed by atoms with Gasteiger partial charge in [-0.3, -0.25) is 19.1 Å². The van der Waals surface area contributed by atoms with Crippen molar-refractivity contribution in [3.63, 3.8) is 0 Å². The molecule has 0 radical (unpaired) electrons. The number of carbonyl (C=O) groups excluding carboxylic acids is 3. The summed E-state index contributed by atoms with van der Waals surface area (Å²) in [5.74, 6) is -0.760. The van der Waals surface area contributed by atoms with E-state index in [4.69, 9.17) is 9.84 Å². The average Bonchev–Trinajstić information content (AvgIpc) is 3.33. The van der Waals surface area contributed by atoms with Gasteiger partial charge in [0, 0.05) is 31.9 Å². The van der Waals surface area contributed by atoms with E-state index in [2.05, 4.69) is 0 Å². The number of likely N-dealkylation sites (tertiary alicyclic amines) is 1. The van der Waals surface area contributed by atoms with Crippen LogP contribution in [0.15, 0.2) is 66.9 Å². The van der Waals surface area contributed by atoms with Crippen molar-refractivity contribution in [2.45, 2.75) is 26.3 Å². The third-order valence-electron chi connectivity index (χ3n) is 6.41. The number of amides is 2. The predicted octanol–water partition coefficient (Wildman–Crippen LogP) is 3.47. The van der Waals surface area contributed by atoms with Crippen molar-refractivity contribution in [1.29, 1.82) is 0 Å². The molecule has 188 valence electrons. The Morgan fingerprint density at radius 1 is 1.00 bits per heavy atom. The number of nitrogens with zero attached hydrogens (tertiary/aromatic N) is 4. The van der Waals surface area contributed by atoms with Crippen molar-refractivity contribution in [3.8, 4) is 11.3 Å². The SMILES string of the molecule is CCOC(=O)C1CCN(C(=O)CN(C)C(=O)c2cn(Cc3ccccc3)nc2-c2ccccc2)CC1. The molecule has 8 nitrogen and oxygen atoms in total. The lowest BCUT2D eigenvalue weighted by Crippen LogP contribution is -2.45. The minimum atomic E-state index is -0.261. The van der Waals surface area contributed by atoms with Gasteiger partial charge in [-0.15, -0.1) is 0 Å². The first-order valence-corrected chi connectivity index (χ1v) is 12.3. The fourth-order valence-corrected chi connectivity index (χ4v) is 4.44. The van der Waals surface area contributed by atoms with Crippen molar-refractivity contribution in [1.82, 2.24) is 19.6 Å². The Morgan fingerprint density at radius 2 is 1.64 bits per heavy atom. The van der Waals surface area contributed by atoms with Gasteiger partial charge >= 0.3 is 5.97 Å². The summed E-state index contributed by atoms with van der Waals surface area (Å²) in [6.45, 7) is 3.60. The molecule has 3 aromatic rings. The van der Waals surface area contributed by atoms with Gasteiger partial charge in [0.25, 0.3) is 5.91 Å². The Labute approximate surface area is 211 Å². The van der Waals surface area contributed by atoms with Gasteiger partial charge in [-0.05, 0) is 25.3 Å². The zero-order chi connectivity index (χ0) is 25.5. The fourth-order valence-electron chi connectivity index (χ4n) is 4.44. The van der Waals surface area contributed by atoms with E-state index in [1.54, 1.807) is 29.7 Å². The summed E-state index contributed by atoms with van der Waals surface area (Å²) >= 11 is 0. The number of likely N-dealkylation sites (N-methyl/N-ethyl adjacent to an activating group) is 1. The molecule has 0 atom stereocenters. The van der Waals surface area contributed by atoms with Gasteiger partial charge in [0.2, 0.25) is 5.91 Å². The maximum absolute atomic E-state index is 13.5. The molecule has 0 unspecified atom stereocenters. The Morgan fingerprint density at radius 3 is 2.28 bits per heavy atom.